The van der Waals surface area contributed by atoms with Gasteiger partial charge >= 0.3 is 5.24 Å². The average Bonchev–Trinajstić information content (AvgIpc) is 3.78. The van der Waals surface area contributed by atoms with Crippen LogP contribution in [0.4, 0.5) is 20.7 Å². The third-order valence-electron chi connectivity index (χ3n) is 6.87. The Hall–Kier alpha value is -4.07. The molecule has 5 N–H and O–H groups in total. The molecule has 3 unspecified atom stereocenters. The van der Waals surface area contributed by atoms with Crippen LogP contribution in [0.15, 0.2) is 47.9 Å². The largest absolute Gasteiger partial charge is 0.394 e. The SMILES string of the molecule is O=C(Nc1cnn(-c2nc(NC3CCOC3)c3ncn([C@@H]4O[C@H](CO)C(O)C4O)c3n2)c1)S(=O)(=O)c1ccc(F)cc1. The summed E-state index contributed by atoms with van der Waals surface area (Å²) in [5.74, 6) is -0.364. The first-order valence-corrected chi connectivity index (χ1v) is 14.2. The summed E-state index contributed by atoms with van der Waals surface area (Å²) in [4.78, 5) is 25.6. The minimum atomic E-state index is -4.48. The fourth-order valence-electron chi connectivity index (χ4n) is 4.65. The first-order chi connectivity index (χ1) is 20.2. The number of fused-ring (bicyclic) bond motifs is 1. The molecule has 3 aromatic heterocycles. The Balaban J connectivity index is 1.33. The molecule has 0 radical (unpaired) electrons. The topological polar surface area (TPSA) is 216 Å². The molecule has 2 aliphatic heterocycles. The Labute approximate surface area is 236 Å². The van der Waals surface area contributed by atoms with E-state index in [1.165, 1.54) is 28.0 Å². The fourth-order valence-corrected chi connectivity index (χ4v) is 5.61. The number of sulfone groups is 1. The average molecular weight is 605 g/mol. The van der Waals surface area contributed by atoms with E-state index in [-0.39, 0.29) is 28.2 Å². The summed E-state index contributed by atoms with van der Waals surface area (Å²) in [6.07, 6.45) is -0.368. The van der Waals surface area contributed by atoms with Gasteiger partial charge in [0.2, 0.25) is 0 Å². The summed E-state index contributed by atoms with van der Waals surface area (Å²) in [7, 11) is -4.48. The van der Waals surface area contributed by atoms with Gasteiger partial charge in [-0.25, -0.2) is 22.5 Å². The molecule has 2 fully saturated rings. The number of ether oxygens (including phenoxy) is 2. The highest BCUT2D eigenvalue weighted by Gasteiger charge is 2.44. The van der Waals surface area contributed by atoms with E-state index in [0.29, 0.717) is 31.0 Å². The van der Waals surface area contributed by atoms with Crippen molar-refractivity contribution in [3.63, 3.8) is 0 Å². The maximum atomic E-state index is 13.2. The van der Waals surface area contributed by atoms with Gasteiger partial charge in [0.25, 0.3) is 15.8 Å². The van der Waals surface area contributed by atoms with Crippen molar-refractivity contribution in [2.75, 3.05) is 30.5 Å². The molecular weight excluding hydrogens is 579 g/mol. The Morgan fingerprint density at radius 3 is 2.64 bits per heavy atom. The van der Waals surface area contributed by atoms with E-state index in [4.69, 9.17) is 9.47 Å². The molecule has 222 valence electrons. The number of nitrogens with zero attached hydrogens (tertiary/aromatic N) is 6. The molecule has 0 spiro atoms. The minimum Gasteiger partial charge on any atom is -0.394 e. The second kappa shape index (κ2) is 11.0. The van der Waals surface area contributed by atoms with Gasteiger partial charge in [0, 0.05) is 6.61 Å². The van der Waals surface area contributed by atoms with Crippen LogP contribution < -0.4 is 10.6 Å². The van der Waals surface area contributed by atoms with E-state index in [9.17, 15) is 32.9 Å². The van der Waals surface area contributed by atoms with E-state index in [0.717, 1.165) is 24.3 Å². The van der Waals surface area contributed by atoms with Gasteiger partial charge in [0.15, 0.2) is 23.2 Å². The molecule has 4 aromatic rings. The standard InChI is InChI=1S/C24H25FN8O8S/c25-12-1-3-15(4-2-12)42(38,39)24(37)29-14-7-27-33(8-14)23-30-20(28-13-5-6-40-10-13)17-21(31-23)32(11-26-17)22-19(36)18(35)16(9-34)41-22/h1-4,7-8,11,13,16,18-19,22,34-36H,5-6,9-10H2,(H,29,37)(H,28,30,31)/t13?,16-,18?,19?,22-/m1/s1. The maximum absolute atomic E-state index is 13.2. The number of aliphatic hydroxyl groups is 3. The lowest BCUT2D eigenvalue weighted by molar-refractivity contribution is -0.0511. The number of halogens is 1. The van der Waals surface area contributed by atoms with E-state index >= 15 is 0 Å². The second-order valence-electron chi connectivity index (χ2n) is 9.67. The first-order valence-electron chi connectivity index (χ1n) is 12.7. The fraction of sp³-hybridized carbons (Fsp3) is 0.375. The van der Waals surface area contributed by atoms with Crippen molar-refractivity contribution in [3.8, 4) is 5.95 Å². The summed E-state index contributed by atoms with van der Waals surface area (Å²) >= 11 is 0. The van der Waals surface area contributed by atoms with E-state index < -0.39 is 52.0 Å². The number of hydrogen-bond acceptors (Lipinski definition) is 13. The van der Waals surface area contributed by atoms with Crippen molar-refractivity contribution in [1.29, 1.82) is 0 Å². The lowest BCUT2D eigenvalue weighted by atomic mass is 10.1. The summed E-state index contributed by atoms with van der Waals surface area (Å²) in [5, 5.41) is 38.7. The number of imidazole rings is 1. The zero-order valence-corrected chi connectivity index (χ0v) is 22.4. The Kier molecular flexibility index (Phi) is 7.33. The second-order valence-corrected chi connectivity index (χ2v) is 11.5. The molecule has 2 saturated heterocycles. The van der Waals surface area contributed by atoms with Gasteiger partial charge in [-0.3, -0.25) is 9.36 Å². The Morgan fingerprint density at radius 1 is 1.17 bits per heavy atom. The van der Waals surface area contributed by atoms with Crippen LogP contribution in [0.1, 0.15) is 12.6 Å². The van der Waals surface area contributed by atoms with Crippen LogP contribution in [0.3, 0.4) is 0 Å². The number of rotatable bonds is 7. The van der Waals surface area contributed by atoms with Crippen LogP contribution in [-0.2, 0) is 19.3 Å². The highest BCUT2D eigenvalue weighted by molar-refractivity contribution is 8.06. The molecule has 1 aromatic carbocycles. The molecule has 1 amide bonds. The highest BCUT2D eigenvalue weighted by Crippen LogP contribution is 2.33. The zero-order chi connectivity index (χ0) is 29.6. The van der Waals surface area contributed by atoms with Crippen molar-refractivity contribution in [3.05, 3.63) is 48.8 Å². The number of aliphatic hydroxyl groups excluding tert-OH is 3. The zero-order valence-electron chi connectivity index (χ0n) is 21.6. The van der Waals surface area contributed by atoms with E-state index in [1.807, 2.05) is 0 Å². The van der Waals surface area contributed by atoms with Gasteiger partial charge in [-0.2, -0.15) is 15.1 Å². The Bertz CT molecular complexity index is 1720. The van der Waals surface area contributed by atoms with Crippen LogP contribution >= 0.6 is 0 Å². The number of carbonyl (C=O) groups is 1. The van der Waals surface area contributed by atoms with Crippen molar-refractivity contribution in [2.45, 2.75) is 41.9 Å². The normalized spacial score (nSPS) is 24.3. The predicted octanol–water partition coefficient (Wildman–Crippen LogP) is -0.0308. The molecule has 6 rings (SSSR count). The molecular formula is C24H25FN8O8S. The third kappa shape index (κ3) is 5.08. The van der Waals surface area contributed by atoms with Crippen LogP contribution in [0, 0.1) is 5.82 Å². The van der Waals surface area contributed by atoms with Gasteiger partial charge in [-0.15, -0.1) is 0 Å². The quantitative estimate of drug-likeness (QED) is 0.175. The molecule has 5 heterocycles. The molecule has 0 aliphatic carbocycles. The highest BCUT2D eigenvalue weighted by atomic mass is 32.2. The molecule has 16 nitrogen and oxygen atoms in total. The van der Waals surface area contributed by atoms with E-state index in [2.05, 4.69) is 30.7 Å². The third-order valence-corrected chi connectivity index (χ3v) is 8.36. The minimum absolute atomic E-state index is 0.00468. The molecule has 0 bridgehead atoms. The van der Waals surface area contributed by atoms with Crippen molar-refractivity contribution in [1.82, 2.24) is 29.3 Å². The van der Waals surface area contributed by atoms with Gasteiger partial charge < -0.3 is 35.4 Å². The summed E-state index contributed by atoms with van der Waals surface area (Å²) in [6, 6.07) is 3.74. The number of hydrogen-bond donors (Lipinski definition) is 5. The lowest BCUT2D eigenvalue weighted by Gasteiger charge is -2.17. The Morgan fingerprint density at radius 2 is 1.95 bits per heavy atom. The van der Waals surface area contributed by atoms with Crippen LogP contribution in [-0.4, -0.2) is 102 Å². The van der Waals surface area contributed by atoms with Crippen molar-refractivity contribution in [2.24, 2.45) is 0 Å². The smallest absolute Gasteiger partial charge is 0.345 e. The number of carbonyl (C=O) groups excluding carboxylic acids is 1. The van der Waals surface area contributed by atoms with Crippen LogP contribution in [0.25, 0.3) is 17.1 Å². The summed E-state index contributed by atoms with van der Waals surface area (Å²) in [6.45, 7) is 0.463. The molecule has 5 atom stereocenters. The van der Waals surface area contributed by atoms with Crippen molar-refractivity contribution >= 4 is 37.7 Å². The summed E-state index contributed by atoms with van der Waals surface area (Å²) in [5.41, 5.74) is 0.510. The van der Waals surface area contributed by atoms with Crippen LogP contribution in [0.2, 0.25) is 0 Å². The number of aromatic nitrogens is 6. The van der Waals surface area contributed by atoms with Gasteiger partial charge in [0.1, 0.15) is 24.1 Å². The molecule has 42 heavy (non-hydrogen) atoms. The number of amides is 1. The molecule has 0 saturated carbocycles. The lowest BCUT2D eigenvalue weighted by Crippen LogP contribution is -2.33. The first kappa shape index (κ1) is 28.1. The van der Waals surface area contributed by atoms with E-state index in [1.54, 1.807) is 0 Å². The monoisotopic (exact) mass is 604 g/mol. The number of anilines is 2. The van der Waals surface area contributed by atoms with Crippen molar-refractivity contribution < 1.29 is 42.4 Å². The number of benzene rings is 1. The van der Waals surface area contributed by atoms with Gasteiger partial charge in [0.05, 0.1) is 48.6 Å². The van der Waals surface area contributed by atoms with Gasteiger partial charge in [-0.1, -0.05) is 0 Å². The molecule has 18 heteroatoms. The maximum Gasteiger partial charge on any atom is 0.345 e. The predicted molar refractivity (Wildman–Crippen MR) is 141 cm³/mol. The molecule has 2 aliphatic rings. The van der Waals surface area contributed by atoms with Gasteiger partial charge in [-0.05, 0) is 30.7 Å². The van der Waals surface area contributed by atoms with Crippen LogP contribution in [0.5, 0.6) is 0 Å². The summed E-state index contributed by atoms with van der Waals surface area (Å²) < 4.78 is 52.1. The number of nitrogens with one attached hydrogen (secondary N) is 2.